The molecule has 1 aliphatic heterocycles. The minimum absolute atomic E-state index is 0.137. The molecule has 1 fully saturated rings. The molecular formula is C9H16FN3O. The normalized spacial score (nSPS) is 18.9. The predicted octanol–water partition coefficient (Wildman–Crippen LogP) is -0.524. The largest absolute Gasteiger partial charge is 0.338 e. The summed E-state index contributed by atoms with van der Waals surface area (Å²) < 4.78 is 12.7. The highest BCUT2D eigenvalue weighted by molar-refractivity contribution is 5.87. The van der Waals surface area contributed by atoms with Gasteiger partial charge in [-0.2, -0.15) is 0 Å². The Labute approximate surface area is 82.9 Å². The molecule has 0 aromatic carbocycles. The van der Waals surface area contributed by atoms with Gasteiger partial charge in [0.2, 0.25) is 5.91 Å². The van der Waals surface area contributed by atoms with Gasteiger partial charge in [-0.05, 0) is 6.08 Å². The molecule has 1 saturated heterocycles. The molecule has 1 heterocycles. The van der Waals surface area contributed by atoms with Crippen molar-refractivity contribution in [3.8, 4) is 0 Å². The van der Waals surface area contributed by atoms with Crippen molar-refractivity contribution >= 4 is 5.91 Å². The third kappa shape index (κ3) is 2.10. The van der Waals surface area contributed by atoms with Crippen LogP contribution in [0.15, 0.2) is 12.7 Å². The van der Waals surface area contributed by atoms with Gasteiger partial charge in [0.25, 0.3) is 0 Å². The minimum atomic E-state index is -0.433. The number of alkyl halides is 1. The number of carbonyl (C=O) groups is 1. The monoisotopic (exact) mass is 201 g/mol. The summed E-state index contributed by atoms with van der Waals surface area (Å²) in [4.78, 5) is 12.7. The van der Waals surface area contributed by atoms with Gasteiger partial charge in [-0.3, -0.25) is 9.18 Å². The molecule has 0 bridgehead atoms. The second kappa shape index (κ2) is 4.52. The smallest absolute Gasteiger partial charge is 0.245 e. The first-order valence-corrected chi connectivity index (χ1v) is 4.55. The first-order chi connectivity index (χ1) is 6.67. The quantitative estimate of drug-likeness (QED) is 0.464. The summed E-state index contributed by atoms with van der Waals surface area (Å²) in [5, 5.41) is 2.89. The van der Waals surface area contributed by atoms with Crippen molar-refractivity contribution in [2.45, 2.75) is 0 Å². The Hall–Kier alpha value is -0.940. The molecule has 0 atom stereocenters. The summed E-state index contributed by atoms with van der Waals surface area (Å²) in [6.07, 6.45) is 1.25. The second-order valence-corrected chi connectivity index (χ2v) is 3.66. The second-order valence-electron chi connectivity index (χ2n) is 3.66. The molecule has 0 aromatic rings. The maximum atomic E-state index is 12.7. The lowest BCUT2D eigenvalue weighted by Crippen LogP contribution is -2.63. The summed E-state index contributed by atoms with van der Waals surface area (Å²) in [5.41, 5.74) is 4.83. The van der Waals surface area contributed by atoms with Crippen LogP contribution < -0.4 is 11.1 Å². The van der Waals surface area contributed by atoms with Crippen molar-refractivity contribution in [1.29, 1.82) is 0 Å². The van der Waals surface area contributed by atoms with Crippen LogP contribution in [0.25, 0.3) is 0 Å². The zero-order valence-electron chi connectivity index (χ0n) is 8.13. The van der Waals surface area contributed by atoms with Crippen molar-refractivity contribution in [3.05, 3.63) is 12.7 Å². The lowest BCUT2D eigenvalue weighted by atomic mass is 9.81. The molecule has 1 aliphatic rings. The van der Waals surface area contributed by atoms with Crippen LogP contribution in [0.1, 0.15) is 0 Å². The summed E-state index contributed by atoms with van der Waals surface area (Å²) in [5.74, 6) is -0.137. The molecule has 1 rings (SSSR count). The van der Waals surface area contributed by atoms with Crippen LogP contribution in [0.3, 0.4) is 0 Å². The van der Waals surface area contributed by atoms with Crippen LogP contribution in [0, 0.1) is 5.41 Å². The average molecular weight is 201 g/mol. The van der Waals surface area contributed by atoms with Crippen molar-refractivity contribution in [2.75, 3.05) is 33.0 Å². The standard InChI is InChI=1S/C9H16FN3O/c1-2-8(14)13-5-9(3-10,6-13)4-12-7-11/h2,12H,1,3-7,11H2. The maximum absolute atomic E-state index is 12.7. The first kappa shape index (κ1) is 11.1. The van der Waals surface area contributed by atoms with Crippen LogP contribution in [0.4, 0.5) is 4.39 Å². The van der Waals surface area contributed by atoms with Crippen molar-refractivity contribution in [1.82, 2.24) is 10.2 Å². The highest BCUT2D eigenvalue weighted by atomic mass is 19.1. The zero-order valence-corrected chi connectivity index (χ0v) is 8.13. The van der Waals surface area contributed by atoms with E-state index >= 15 is 0 Å². The molecular weight excluding hydrogens is 185 g/mol. The first-order valence-electron chi connectivity index (χ1n) is 4.55. The lowest BCUT2D eigenvalue weighted by molar-refractivity contribution is -0.138. The summed E-state index contributed by atoms with van der Waals surface area (Å²) in [6.45, 7) is 4.69. The topological polar surface area (TPSA) is 58.4 Å². The molecule has 5 heteroatoms. The van der Waals surface area contributed by atoms with Gasteiger partial charge >= 0.3 is 0 Å². The third-order valence-electron chi connectivity index (χ3n) is 2.47. The van der Waals surface area contributed by atoms with Crippen molar-refractivity contribution in [2.24, 2.45) is 11.1 Å². The van der Waals surface area contributed by atoms with Gasteiger partial charge in [0.1, 0.15) is 0 Å². The van der Waals surface area contributed by atoms with Gasteiger partial charge in [0.05, 0.1) is 6.67 Å². The Morgan fingerprint density at radius 2 is 2.36 bits per heavy atom. The summed E-state index contributed by atoms with van der Waals surface area (Å²) in [6, 6.07) is 0. The number of rotatable bonds is 5. The Kier molecular flexibility index (Phi) is 3.60. The highest BCUT2D eigenvalue weighted by Gasteiger charge is 2.44. The Morgan fingerprint density at radius 3 is 2.79 bits per heavy atom. The molecule has 0 radical (unpaired) electrons. The number of halogens is 1. The van der Waals surface area contributed by atoms with Gasteiger partial charge in [-0.15, -0.1) is 0 Å². The summed E-state index contributed by atoms with van der Waals surface area (Å²) in [7, 11) is 0. The maximum Gasteiger partial charge on any atom is 0.245 e. The number of amides is 1. The van der Waals surface area contributed by atoms with E-state index in [9.17, 15) is 9.18 Å². The minimum Gasteiger partial charge on any atom is -0.338 e. The fourth-order valence-electron chi connectivity index (χ4n) is 1.63. The van der Waals surface area contributed by atoms with Crippen LogP contribution >= 0.6 is 0 Å². The number of hydrogen-bond acceptors (Lipinski definition) is 3. The van der Waals surface area contributed by atoms with Gasteiger partial charge in [0, 0.05) is 31.7 Å². The number of hydrogen-bond donors (Lipinski definition) is 2. The zero-order chi connectivity index (χ0) is 10.6. The van der Waals surface area contributed by atoms with E-state index in [0.717, 1.165) is 0 Å². The molecule has 1 amide bonds. The van der Waals surface area contributed by atoms with E-state index in [0.29, 0.717) is 26.3 Å². The number of nitrogens with zero attached hydrogens (tertiary/aromatic N) is 1. The van der Waals surface area contributed by atoms with Crippen LogP contribution in [-0.4, -0.2) is 43.8 Å². The predicted molar refractivity (Wildman–Crippen MR) is 52.2 cm³/mol. The molecule has 0 saturated carbocycles. The molecule has 0 spiro atoms. The lowest BCUT2D eigenvalue weighted by Gasteiger charge is -2.48. The summed E-state index contributed by atoms with van der Waals surface area (Å²) >= 11 is 0. The Balaban J connectivity index is 2.40. The van der Waals surface area contributed by atoms with Gasteiger partial charge in [-0.25, -0.2) is 0 Å². The van der Waals surface area contributed by atoms with Gasteiger partial charge in [-0.1, -0.05) is 6.58 Å². The van der Waals surface area contributed by atoms with E-state index in [-0.39, 0.29) is 5.91 Å². The van der Waals surface area contributed by atoms with E-state index < -0.39 is 12.1 Å². The van der Waals surface area contributed by atoms with Crippen molar-refractivity contribution < 1.29 is 9.18 Å². The molecule has 80 valence electrons. The highest BCUT2D eigenvalue weighted by Crippen LogP contribution is 2.30. The molecule has 4 nitrogen and oxygen atoms in total. The Bertz CT molecular complexity index is 226. The molecule has 0 unspecified atom stereocenters. The fraction of sp³-hybridized carbons (Fsp3) is 0.667. The van der Waals surface area contributed by atoms with E-state index in [1.54, 1.807) is 4.90 Å². The van der Waals surface area contributed by atoms with Crippen molar-refractivity contribution in [3.63, 3.8) is 0 Å². The average Bonchev–Trinajstić information content (AvgIpc) is 2.16. The van der Waals surface area contributed by atoms with Gasteiger partial charge < -0.3 is 16.0 Å². The molecule has 14 heavy (non-hydrogen) atoms. The number of nitrogens with two attached hydrogens (primary N) is 1. The SMILES string of the molecule is C=CC(=O)N1CC(CF)(CNCN)C1. The molecule has 0 aliphatic carbocycles. The van der Waals surface area contributed by atoms with Crippen LogP contribution in [0.2, 0.25) is 0 Å². The Morgan fingerprint density at radius 1 is 1.71 bits per heavy atom. The number of nitrogens with one attached hydrogen (secondary N) is 1. The van der Waals surface area contributed by atoms with E-state index in [2.05, 4.69) is 11.9 Å². The van der Waals surface area contributed by atoms with E-state index in [1.807, 2.05) is 0 Å². The van der Waals surface area contributed by atoms with E-state index in [1.165, 1.54) is 6.08 Å². The van der Waals surface area contributed by atoms with E-state index in [4.69, 9.17) is 5.73 Å². The molecule has 0 aromatic heterocycles. The molecule has 3 N–H and O–H groups in total. The van der Waals surface area contributed by atoms with Crippen LogP contribution in [0.5, 0.6) is 0 Å². The number of carbonyl (C=O) groups excluding carboxylic acids is 1. The number of likely N-dealkylation sites (tertiary alicyclic amines) is 1. The van der Waals surface area contributed by atoms with Gasteiger partial charge in [0.15, 0.2) is 0 Å². The van der Waals surface area contributed by atoms with Crippen LogP contribution in [-0.2, 0) is 4.79 Å². The third-order valence-corrected chi connectivity index (χ3v) is 2.47. The fourth-order valence-corrected chi connectivity index (χ4v) is 1.63.